The molecular formula is C21H22ClN3O3. The van der Waals surface area contributed by atoms with Crippen molar-refractivity contribution >= 4 is 34.8 Å². The van der Waals surface area contributed by atoms with Crippen LogP contribution in [0.1, 0.15) is 53.2 Å². The maximum Gasteiger partial charge on any atom is 0.338 e. The number of nitrogens with zero attached hydrogens (tertiary/aromatic N) is 2. The second-order valence-corrected chi connectivity index (χ2v) is 6.80. The van der Waals surface area contributed by atoms with E-state index in [1.54, 1.807) is 47.0 Å². The summed E-state index contributed by atoms with van der Waals surface area (Å²) in [6.45, 7) is 4.35. The number of aryl methyl sites for hydroxylation is 1. The van der Waals surface area contributed by atoms with E-state index in [0.717, 1.165) is 12.8 Å². The number of fused-ring (bicyclic) bond motifs is 1. The van der Waals surface area contributed by atoms with Gasteiger partial charge in [-0.1, -0.05) is 37.9 Å². The standard InChI is InChI=1S/C21H22ClN3O3/c1-3-5-11-28-21(27)14-7-6-8-16(12-14)23-20(26)19-17(4-2)24-18-10-9-15(22)13-25(18)19/h6-10,12-13H,3-5,11H2,1-2H3,(H,23,26). The fraction of sp³-hybridized carbons (Fsp3) is 0.286. The van der Waals surface area contributed by atoms with Gasteiger partial charge in [0.15, 0.2) is 0 Å². The second kappa shape index (κ2) is 8.89. The molecule has 0 atom stereocenters. The number of benzene rings is 1. The van der Waals surface area contributed by atoms with Crippen LogP contribution >= 0.6 is 11.6 Å². The number of carbonyl (C=O) groups excluding carboxylic acids is 2. The number of ether oxygens (including phenoxy) is 1. The van der Waals surface area contributed by atoms with Crippen LogP contribution in [0.2, 0.25) is 5.02 Å². The van der Waals surface area contributed by atoms with Crippen molar-refractivity contribution in [1.82, 2.24) is 9.38 Å². The van der Waals surface area contributed by atoms with Crippen molar-refractivity contribution < 1.29 is 14.3 Å². The smallest absolute Gasteiger partial charge is 0.338 e. The highest BCUT2D eigenvalue weighted by molar-refractivity contribution is 6.30. The van der Waals surface area contributed by atoms with Gasteiger partial charge in [-0.3, -0.25) is 9.20 Å². The first-order valence-electron chi connectivity index (χ1n) is 9.28. The zero-order valence-electron chi connectivity index (χ0n) is 15.9. The van der Waals surface area contributed by atoms with Crippen LogP contribution in [0.3, 0.4) is 0 Å². The van der Waals surface area contributed by atoms with Gasteiger partial charge < -0.3 is 10.1 Å². The topological polar surface area (TPSA) is 72.7 Å². The zero-order chi connectivity index (χ0) is 20.1. The van der Waals surface area contributed by atoms with Crippen molar-refractivity contribution in [2.24, 2.45) is 0 Å². The molecule has 0 aliphatic rings. The van der Waals surface area contributed by atoms with Crippen LogP contribution in [0, 0.1) is 0 Å². The highest BCUT2D eigenvalue weighted by Gasteiger charge is 2.19. The third-order valence-electron chi connectivity index (χ3n) is 4.29. The Morgan fingerprint density at radius 3 is 2.79 bits per heavy atom. The number of esters is 1. The molecule has 6 nitrogen and oxygen atoms in total. The second-order valence-electron chi connectivity index (χ2n) is 6.36. The number of imidazole rings is 1. The third-order valence-corrected chi connectivity index (χ3v) is 4.52. The Labute approximate surface area is 168 Å². The largest absolute Gasteiger partial charge is 0.462 e. The van der Waals surface area contributed by atoms with E-state index in [2.05, 4.69) is 10.3 Å². The van der Waals surface area contributed by atoms with Crippen LogP contribution in [-0.2, 0) is 11.2 Å². The molecule has 0 aliphatic carbocycles. The lowest BCUT2D eigenvalue weighted by molar-refractivity contribution is 0.0499. The molecule has 3 rings (SSSR count). The van der Waals surface area contributed by atoms with E-state index in [1.807, 2.05) is 13.8 Å². The summed E-state index contributed by atoms with van der Waals surface area (Å²) in [6, 6.07) is 10.2. The van der Waals surface area contributed by atoms with Crippen molar-refractivity contribution in [3.63, 3.8) is 0 Å². The Morgan fingerprint density at radius 1 is 1.21 bits per heavy atom. The SMILES string of the molecule is CCCCOC(=O)c1cccc(NC(=O)c2c(CC)nc3ccc(Cl)cn23)c1. The van der Waals surface area contributed by atoms with Crippen molar-refractivity contribution in [3.05, 3.63) is 64.6 Å². The average molecular weight is 400 g/mol. The lowest BCUT2D eigenvalue weighted by Gasteiger charge is -2.09. The van der Waals surface area contributed by atoms with Gasteiger partial charge in [0.25, 0.3) is 5.91 Å². The molecule has 1 amide bonds. The molecular weight excluding hydrogens is 378 g/mol. The number of anilines is 1. The van der Waals surface area contributed by atoms with E-state index < -0.39 is 5.97 Å². The summed E-state index contributed by atoms with van der Waals surface area (Å²) in [4.78, 5) is 29.6. The molecule has 0 fully saturated rings. The fourth-order valence-electron chi connectivity index (χ4n) is 2.86. The number of carbonyl (C=O) groups is 2. The summed E-state index contributed by atoms with van der Waals surface area (Å²) < 4.78 is 6.91. The molecule has 0 bridgehead atoms. The number of nitrogens with one attached hydrogen (secondary N) is 1. The lowest BCUT2D eigenvalue weighted by atomic mass is 10.2. The lowest BCUT2D eigenvalue weighted by Crippen LogP contribution is -2.17. The highest BCUT2D eigenvalue weighted by atomic mass is 35.5. The van der Waals surface area contributed by atoms with Crippen molar-refractivity contribution in [1.29, 1.82) is 0 Å². The molecule has 0 saturated carbocycles. The van der Waals surface area contributed by atoms with E-state index in [1.165, 1.54) is 0 Å². The van der Waals surface area contributed by atoms with E-state index >= 15 is 0 Å². The molecule has 0 radical (unpaired) electrons. The van der Waals surface area contributed by atoms with Crippen molar-refractivity contribution in [3.8, 4) is 0 Å². The Hall–Kier alpha value is -2.86. The number of hydrogen-bond acceptors (Lipinski definition) is 4. The molecule has 1 aromatic carbocycles. The third kappa shape index (κ3) is 4.34. The van der Waals surface area contributed by atoms with Gasteiger partial charge in [-0.2, -0.15) is 0 Å². The van der Waals surface area contributed by atoms with Gasteiger partial charge in [-0.25, -0.2) is 9.78 Å². The van der Waals surface area contributed by atoms with Gasteiger partial charge in [0.05, 0.1) is 22.9 Å². The molecule has 28 heavy (non-hydrogen) atoms. The molecule has 0 unspecified atom stereocenters. The molecule has 0 saturated heterocycles. The molecule has 7 heteroatoms. The average Bonchev–Trinajstić information content (AvgIpc) is 3.06. The number of unbranched alkanes of at least 4 members (excludes halogenated alkanes) is 1. The first-order chi connectivity index (χ1) is 13.5. The predicted octanol–water partition coefficient (Wildman–Crippen LogP) is 4.76. The molecule has 0 spiro atoms. The Kier molecular flexibility index (Phi) is 6.31. The van der Waals surface area contributed by atoms with Gasteiger partial charge in [0, 0.05) is 11.9 Å². The quantitative estimate of drug-likeness (QED) is 0.459. The van der Waals surface area contributed by atoms with Gasteiger partial charge >= 0.3 is 5.97 Å². The Morgan fingerprint density at radius 2 is 2.04 bits per heavy atom. The Balaban J connectivity index is 1.84. The van der Waals surface area contributed by atoms with E-state index in [-0.39, 0.29) is 5.91 Å². The first kappa shape index (κ1) is 19.9. The summed E-state index contributed by atoms with van der Waals surface area (Å²) in [6.07, 6.45) is 4.04. The van der Waals surface area contributed by atoms with E-state index in [0.29, 0.717) is 46.3 Å². The van der Waals surface area contributed by atoms with Crippen molar-refractivity contribution in [2.75, 3.05) is 11.9 Å². The molecule has 2 aromatic heterocycles. The summed E-state index contributed by atoms with van der Waals surface area (Å²) >= 11 is 6.08. The van der Waals surface area contributed by atoms with E-state index in [9.17, 15) is 9.59 Å². The number of pyridine rings is 1. The minimum Gasteiger partial charge on any atom is -0.462 e. The van der Waals surface area contributed by atoms with E-state index in [4.69, 9.17) is 16.3 Å². The van der Waals surface area contributed by atoms with Crippen LogP contribution in [0.5, 0.6) is 0 Å². The van der Waals surface area contributed by atoms with Crippen LogP contribution < -0.4 is 5.32 Å². The van der Waals surface area contributed by atoms with Crippen LogP contribution in [-0.4, -0.2) is 27.9 Å². The van der Waals surface area contributed by atoms with Gasteiger partial charge in [0.2, 0.25) is 0 Å². The highest BCUT2D eigenvalue weighted by Crippen LogP contribution is 2.19. The minimum atomic E-state index is -0.402. The van der Waals surface area contributed by atoms with Crippen LogP contribution in [0.4, 0.5) is 5.69 Å². The molecule has 0 aliphatic heterocycles. The maximum absolute atomic E-state index is 12.9. The number of amides is 1. The van der Waals surface area contributed by atoms with Crippen LogP contribution in [0.25, 0.3) is 5.65 Å². The maximum atomic E-state index is 12.9. The number of aromatic nitrogens is 2. The van der Waals surface area contributed by atoms with Gasteiger partial charge in [-0.15, -0.1) is 0 Å². The fourth-order valence-corrected chi connectivity index (χ4v) is 3.02. The van der Waals surface area contributed by atoms with Crippen molar-refractivity contribution in [2.45, 2.75) is 33.1 Å². The minimum absolute atomic E-state index is 0.317. The number of hydrogen-bond donors (Lipinski definition) is 1. The zero-order valence-corrected chi connectivity index (χ0v) is 16.6. The van der Waals surface area contributed by atoms with Crippen LogP contribution in [0.15, 0.2) is 42.6 Å². The summed E-state index contributed by atoms with van der Waals surface area (Å²) in [5, 5.41) is 3.35. The summed E-state index contributed by atoms with van der Waals surface area (Å²) in [7, 11) is 0. The summed E-state index contributed by atoms with van der Waals surface area (Å²) in [5.41, 5.74) is 2.66. The molecule has 1 N–H and O–H groups in total. The summed E-state index contributed by atoms with van der Waals surface area (Å²) in [5.74, 6) is -0.719. The Bertz CT molecular complexity index is 1010. The molecule has 2 heterocycles. The van der Waals surface area contributed by atoms with Gasteiger partial charge in [0.1, 0.15) is 11.3 Å². The number of halogens is 1. The first-order valence-corrected chi connectivity index (χ1v) is 9.66. The monoisotopic (exact) mass is 399 g/mol. The van der Waals surface area contributed by atoms with Gasteiger partial charge in [-0.05, 0) is 43.2 Å². The molecule has 3 aromatic rings. The normalized spacial score (nSPS) is 10.8. The predicted molar refractivity (Wildman–Crippen MR) is 109 cm³/mol. The molecule has 146 valence electrons. The number of rotatable bonds is 7.